The van der Waals surface area contributed by atoms with E-state index in [-0.39, 0.29) is 102 Å². The highest BCUT2D eigenvalue weighted by molar-refractivity contribution is 7.33. The molecule has 9 aromatic rings. The first kappa shape index (κ1) is 56.8. The minimum atomic E-state index is -2.72. The zero-order valence-corrected chi connectivity index (χ0v) is 48.7. The predicted molar refractivity (Wildman–Crippen MR) is 331 cm³/mol. The Morgan fingerprint density at radius 3 is 1.44 bits per heavy atom. The monoisotopic (exact) mass is 1220 g/mol. The number of thiophene rings is 3. The lowest BCUT2D eigenvalue weighted by atomic mass is 9.78. The second-order valence-corrected chi connectivity index (χ2v) is 23.8. The third kappa shape index (κ3) is 9.29. The number of carbonyl (C=O) groups is 5. The second-order valence-electron chi connectivity index (χ2n) is 20.7. The fourth-order valence-electron chi connectivity index (χ4n) is 11.6. The number of allylic oxidation sites excluding steroid dienone is 3. The Morgan fingerprint density at radius 1 is 0.494 bits per heavy atom. The molecule has 0 fully saturated rings. The minimum absolute atomic E-state index is 0.0217. The molecule has 19 heteroatoms. The van der Waals surface area contributed by atoms with Crippen molar-refractivity contribution in [1.29, 1.82) is 21.0 Å². The van der Waals surface area contributed by atoms with Crippen molar-refractivity contribution >= 4 is 107 Å². The Labute approximate surface area is 519 Å². The lowest BCUT2D eigenvalue weighted by Gasteiger charge is -2.28. The molecule has 13 rings (SSSR count). The average Bonchev–Trinajstić information content (AvgIpc) is 1.50. The van der Waals surface area contributed by atoms with Gasteiger partial charge in [0.1, 0.15) is 78.7 Å². The molecular formula is C70H40N6O10S3. The summed E-state index contributed by atoms with van der Waals surface area (Å²) in [7, 11) is 0. The predicted octanol–water partition coefficient (Wildman–Crippen LogP) is 12.6. The Balaban J connectivity index is 1.08. The van der Waals surface area contributed by atoms with Crippen LogP contribution in [0.2, 0.25) is 0 Å². The van der Waals surface area contributed by atoms with Gasteiger partial charge in [-0.1, -0.05) is 170 Å². The summed E-state index contributed by atoms with van der Waals surface area (Å²) in [5.74, 6) is -5.19. The molecule has 0 spiro atoms. The highest BCUT2D eigenvalue weighted by atomic mass is 32.1. The number of fused-ring (bicyclic) bond motifs is 9. The van der Waals surface area contributed by atoms with Crippen LogP contribution in [0, 0.1) is 45.3 Å². The lowest BCUT2D eigenvalue weighted by Crippen LogP contribution is -2.46. The molecule has 16 nitrogen and oxygen atoms in total. The zero-order chi connectivity index (χ0) is 61.6. The molecule has 6 aromatic carbocycles. The number of carbonyl (C=O) groups excluding carboxylic acids is 5. The number of nitriles is 4. The molecule has 0 bridgehead atoms. The average molecular weight is 1220 g/mol. The van der Waals surface area contributed by atoms with Crippen LogP contribution in [0.4, 0.5) is 5.00 Å². The molecular weight excluding hydrogens is 1180 g/mol. The van der Waals surface area contributed by atoms with Gasteiger partial charge in [-0.15, -0.1) is 34.0 Å². The number of ether oxygens (including phenoxy) is 4. The van der Waals surface area contributed by atoms with Crippen molar-refractivity contribution in [2.24, 2.45) is 9.98 Å². The van der Waals surface area contributed by atoms with Crippen molar-refractivity contribution in [2.45, 2.75) is 43.4 Å². The Kier molecular flexibility index (Phi) is 14.8. The molecule has 1 unspecified atom stereocenters. The molecule has 0 radical (unpaired) electrons. The van der Waals surface area contributed by atoms with Gasteiger partial charge in [0.25, 0.3) is 0 Å². The molecule has 3 heterocycles. The minimum Gasteiger partial charge on any atom is -0.459 e. The van der Waals surface area contributed by atoms with E-state index in [1.807, 2.05) is 24.3 Å². The number of rotatable bonds is 14. The Hall–Kier alpha value is -11.3. The molecule has 0 aliphatic heterocycles. The second kappa shape index (κ2) is 23.2. The highest BCUT2D eigenvalue weighted by Crippen LogP contribution is 2.65. The largest absolute Gasteiger partial charge is 0.459 e. The van der Waals surface area contributed by atoms with Crippen molar-refractivity contribution < 1.29 is 48.0 Å². The first-order valence-electron chi connectivity index (χ1n) is 27.5. The van der Waals surface area contributed by atoms with E-state index in [1.165, 1.54) is 18.2 Å². The van der Waals surface area contributed by atoms with E-state index in [9.17, 15) is 30.9 Å². The third-order valence-corrected chi connectivity index (χ3v) is 19.4. The SMILES string of the molecule is N#CC(C#N)=C1C(=NC2=Cc3sc4c5c(sc4c3C2(C(=O)OCc2ccccc2)C(=O)OCc2ccccc2)-c2sc(N=C3C(=C(C#N)C#N)c4ccccc4C3O)cc2C5(C(=O)OCc2ccccc2)C(=O)OCc2ccccc2)C(=O)c2ccccc21. The van der Waals surface area contributed by atoms with Crippen LogP contribution in [0.3, 0.4) is 0 Å². The highest BCUT2D eigenvalue weighted by Gasteiger charge is 2.65. The van der Waals surface area contributed by atoms with E-state index in [0.29, 0.717) is 43.1 Å². The number of benzene rings is 6. The summed E-state index contributed by atoms with van der Waals surface area (Å²) < 4.78 is 25.5. The number of Topliss-reactive ketones (excluding diaryl/α,β-unsaturated/α-hetero) is 1. The van der Waals surface area contributed by atoms with Gasteiger partial charge in [-0.3, -0.25) is 24.0 Å². The smallest absolute Gasteiger partial charge is 0.334 e. The van der Waals surface area contributed by atoms with Crippen molar-refractivity contribution in [3.8, 4) is 34.0 Å². The molecule has 0 saturated carbocycles. The standard InChI is InChI=1S/C70H40N6O10S3/c71-31-43(32-72)53-45-25-13-15-27-47(45)59(77)57(53)75-51-30-50-55(70(51,67(81)85-37-41-21-9-3-10-22-41)68(82)86-38-42-23-11-4-12-24-42)62-64(87-50)56-63(89-62)61-49(29-52(88-61)76-58-54(44(33-73)34-74)46-26-14-16-28-48(46)60(58)78)69(56,65(79)83-35-39-17-5-1-6-18-39)66(80)84-36-40-19-7-2-8-20-40/h1-30,60,78H,35-38H2. The summed E-state index contributed by atoms with van der Waals surface area (Å²) in [6.07, 6.45) is 0.0192. The Morgan fingerprint density at radius 2 is 0.933 bits per heavy atom. The summed E-state index contributed by atoms with van der Waals surface area (Å²) in [6, 6.07) is 57.2. The molecule has 0 amide bonds. The fourth-order valence-corrected chi connectivity index (χ4v) is 15.9. The summed E-state index contributed by atoms with van der Waals surface area (Å²) >= 11 is 3.07. The fraction of sp³-hybridized carbons (Fsp3) is 0.100. The topological polar surface area (TPSA) is 262 Å². The molecule has 428 valence electrons. The number of hydrogen-bond acceptors (Lipinski definition) is 19. The van der Waals surface area contributed by atoms with E-state index < -0.39 is 57.9 Å². The van der Waals surface area contributed by atoms with E-state index >= 15 is 19.2 Å². The number of hydrogen-bond donors (Lipinski definition) is 1. The molecule has 89 heavy (non-hydrogen) atoms. The normalized spacial score (nSPS) is 15.9. The number of aliphatic hydroxyl groups excluding tert-OH is 1. The zero-order valence-electron chi connectivity index (χ0n) is 46.3. The van der Waals surface area contributed by atoms with E-state index in [2.05, 4.69) is 0 Å². The van der Waals surface area contributed by atoms with Crippen molar-refractivity contribution in [3.63, 3.8) is 0 Å². The number of aliphatic hydroxyl groups is 1. The summed E-state index contributed by atoms with van der Waals surface area (Å²) in [4.78, 5) is 89.4. The lowest BCUT2D eigenvalue weighted by molar-refractivity contribution is -0.166. The summed E-state index contributed by atoms with van der Waals surface area (Å²) in [5.41, 5.74) is -3.26. The van der Waals surface area contributed by atoms with Gasteiger partial charge < -0.3 is 24.1 Å². The number of esters is 4. The first-order chi connectivity index (χ1) is 43.4. The van der Waals surface area contributed by atoms with Gasteiger partial charge in [0, 0.05) is 38.3 Å². The van der Waals surface area contributed by atoms with E-state index in [1.54, 1.807) is 164 Å². The number of aliphatic imine (C=N–C) groups is 2. The van der Waals surface area contributed by atoms with Gasteiger partial charge >= 0.3 is 23.9 Å². The van der Waals surface area contributed by atoms with Gasteiger partial charge in [-0.25, -0.2) is 9.98 Å². The van der Waals surface area contributed by atoms with Gasteiger partial charge in [-0.05, 0) is 51.1 Å². The van der Waals surface area contributed by atoms with Crippen molar-refractivity contribution in [1.82, 2.24) is 0 Å². The maximum absolute atomic E-state index is 16.0. The van der Waals surface area contributed by atoms with E-state index in [4.69, 9.17) is 28.9 Å². The van der Waals surface area contributed by atoms with Gasteiger partial charge in [-0.2, -0.15) is 21.0 Å². The van der Waals surface area contributed by atoms with Crippen LogP contribution >= 0.6 is 34.0 Å². The molecule has 4 aliphatic carbocycles. The quantitative estimate of drug-likeness (QED) is 0.0459. The van der Waals surface area contributed by atoms with Crippen LogP contribution in [-0.4, -0.2) is 46.2 Å². The number of ketones is 1. The van der Waals surface area contributed by atoms with Crippen LogP contribution in [0.25, 0.3) is 36.4 Å². The van der Waals surface area contributed by atoms with Crippen LogP contribution < -0.4 is 0 Å². The van der Waals surface area contributed by atoms with Crippen molar-refractivity contribution in [3.05, 3.63) is 259 Å². The van der Waals surface area contributed by atoms with Crippen LogP contribution in [0.5, 0.6) is 0 Å². The Bertz CT molecular complexity index is 4710. The maximum atomic E-state index is 16.0. The molecule has 3 aromatic heterocycles. The van der Waals surface area contributed by atoms with Crippen LogP contribution in [-0.2, 0) is 75.4 Å². The molecule has 1 N–H and O–H groups in total. The summed E-state index contributed by atoms with van der Waals surface area (Å²) in [5, 5.41) is 53.3. The van der Waals surface area contributed by atoms with Gasteiger partial charge in [0.05, 0.1) is 30.6 Å². The molecule has 4 aliphatic rings. The molecule has 0 saturated heterocycles. The third-order valence-electron chi connectivity index (χ3n) is 15.7. The van der Waals surface area contributed by atoms with Gasteiger partial charge in [0.15, 0.2) is 0 Å². The van der Waals surface area contributed by atoms with Gasteiger partial charge in [0.2, 0.25) is 16.6 Å². The van der Waals surface area contributed by atoms with Crippen LogP contribution in [0.1, 0.15) is 77.0 Å². The van der Waals surface area contributed by atoms with Crippen molar-refractivity contribution in [2.75, 3.05) is 0 Å². The van der Waals surface area contributed by atoms with E-state index in [0.717, 1.165) is 34.0 Å². The van der Waals surface area contributed by atoms with Crippen LogP contribution in [0.15, 0.2) is 203 Å². The molecule has 1 atom stereocenters. The summed E-state index contributed by atoms with van der Waals surface area (Å²) in [6.45, 7) is -1.33. The first-order valence-corrected chi connectivity index (χ1v) is 29.9. The maximum Gasteiger partial charge on any atom is 0.334 e. The number of nitrogens with zero attached hydrogens (tertiary/aromatic N) is 6.